The van der Waals surface area contributed by atoms with E-state index in [2.05, 4.69) is 5.32 Å². The maximum absolute atomic E-state index is 13.8. The first-order valence-electron chi connectivity index (χ1n) is 11.8. The minimum absolute atomic E-state index is 0.0357. The Bertz CT molecular complexity index is 1030. The smallest absolute Gasteiger partial charge is 0.242 e. The lowest BCUT2D eigenvalue weighted by Crippen LogP contribution is -2.49. The molecule has 5 heteroatoms. The molecule has 0 aromatic heterocycles. The molecule has 34 heavy (non-hydrogen) atoms. The van der Waals surface area contributed by atoms with Crippen LogP contribution in [0.25, 0.3) is 0 Å². The average Bonchev–Trinajstić information content (AvgIpc) is 2.87. The van der Waals surface area contributed by atoms with Crippen LogP contribution in [0.5, 0.6) is 0 Å². The standard InChI is InChI=1S/C29H33ClN2O2/c1-4-21(2)31-29(34)22(3)32(20-25-17-11-12-18-27(25)30)28(33)19-26(23-13-7-5-8-14-23)24-15-9-6-10-16-24/h5-18,21-22,26H,4,19-20H2,1-3H3,(H,31,34)/t21-,22-/m1/s1. The van der Waals surface area contributed by atoms with Gasteiger partial charge in [0.05, 0.1) is 0 Å². The molecule has 0 saturated carbocycles. The maximum atomic E-state index is 13.8. The summed E-state index contributed by atoms with van der Waals surface area (Å²) < 4.78 is 0. The Morgan fingerprint density at radius 1 is 0.853 bits per heavy atom. The number of carbonyl (C=O) groups excluding carboxylic acids is 2. The molecular formula is C29H33ClN2O2. The Morgan fingerprint density at radius 2 is 1.38 bits per heavy atom. The summed E-state index contributed by atoms with van der Waals surface area (Å²) in [5.41, 5.74) is 2.95. The van der Waals surface area contributed by atoms with E-state index < -0.39 is 6.04 Å². The highest BCUT2D eigenvalue weighted by atomic mass is 35.5. The number of hydrogen-bond acceptors (Lipinski definition) is 2. The Hall–Kier alpha value is -3.11. The van der Waals surface area contributed by atoms with Crippen molar-refractivity contribution in [2.75, 3.05) is 0 Å². The highest BCUT2D eigenvalue weighted by Gasteiger charge is 2.29. The minimum atomic E-state index is -0.634. The van der Waals surface area contributed by atoms with Gasteiger partial charge >= 0.3 is 0 Å². The van der Waals surface area contributed by atoms with Gasteiger partial charge in [0.2, 0.25) is 11.8 Å². The normalized spacial score (nSPS) is 12.7. The lowest BCUT2D eigenvalue weighted by Gasteiger charge is -2.31. The van der Waals surface area contributed by atoms with Crippen molar-refractivity contribution in [1.29, 1.82) is 0 Å². The summed E-state index contributed by atoms with van der Waals surface area (Å²) in [6, 6.07) is 26.9. The number of carbonyl (C=O) groups is 2. The summed E-state index contributed by atoms with van der Waals surface area (Å²) in [4.78, 5) is 28.5. The molecule has 0 radical (unpaired) electrons. The van der Waals surface area contributed by atoms with E-state index in [1.54, 1.807) is 17.9 Å². The Labute approximate surface area is 207 Å². The van der Waals surface area contributed by atoms with Crippen LogP contribution in [0, 0.1) is 0 Å². The summed E-state index contributed by atoms with van der Waals surface area (Å²) in [6.45, 7) is 6.04. The SMILES string of the molecule is CC[C@@H](C)NC(=O)[C@@H](C)N(Cc1ccccc1Cl)C(=O)CC(c1ccccc1)c1ccccc1. The second kappa shape index (κ2) is 12.4. The lowest BCUT2D eigenvalue weighted by atomic mass is 9.88. The molecule has 0 heterocycles. The van der Waals surface area contributed by atoms with Gasteiger partial charge in [-0.25, -0.2) is 0 Å². The molecule has 2 atom stereocenters. The van der Waals surface area contributed by atoms with E-state index in [1.165, 1.54) is 0 Å². The van der Waals surface area contributed by atoms with Crippen molar-refractivity contribution in [2.24, 2.45) is 0 Å². The van der Waals surface area contributed by atoms with Gasteiger partial charge in [0.25, 0.3) is 0 Å². The van der Waals surface area contributed by atoms with Crippen molar-refractivity contribution in [3.8, 4) is 0 Å². The van der Waals surface area contributed by atoms with Gasteiger partial charge in [-0.15, -0.1) is 0 Å². The van der Waals surface area contributed by atoms with E-state index >= 15 is 0 Å². The predicted molar refractivity (Wildman–Crippen MR) is 139 cm³/mol. The zero-order valence-electron chi connectivity index (χ0n) is 20.1. The van der Waals surface area contributed by atoms with Crippen LogP contribution in [0.3, 0.4) is 0 Å². The monoisotopic (exact) mass is 476 g/mol. The largest absolute Gasteiger partial charge is 0.352 e. The van der Waals surface area contributed by atoms with Crippen LogP contribution < -0.4 is 5.32 Å². The number of halogens is 1. The van der Waals surface area contributed by atoms with E-state index in [0.29, 0.717) is 5.02 Å². The first kappa shape index (κ1) is 25.5. The van der Waals surface area contributed by atoms with Gasteiger partial charge in [0.1, 0.15) is 6.04 Å². The van der Waals surface area contributed by atoms with E-state index in [-0.39, 0.29) is 36.7 Å². The maximum Gasteiger partial charge on any atom is 0.242 e. The number of nitrogens with one attached hydrogen (secondary N) is 1. The van der Waals surface area contributed by atoms with Crippen LogP contribution in [0.15, 0.2) is 84.9 Å². The predicted octanol–water partition coefficient (Wildman–Crippen LogP) is 6.19. The molecule has 4 nitrogen and oxygen atoms in total. The van der Waals surface area contributed by atoms with Crippen LogP contribution in [0.4, 0.5) is 0 Å². The van der Waals surface area contributed by atoms with Crippen LogP contribution in [-0.2, 0) is 16.1 Å². The topological polar surface area (TPSA) is 49.4 Å². The highest BCUT2D eigenvalue weighted by Crippen LogP contribution is 2.30. The van der Waals surface area contributed by atoms with Gasteiger partial charge < -0.3 is 10.2 Å². The van der Waals surface area contributed by atoms with Crippen molar-refractivity contribution in [1.82, 2.24) is 10.2 Å². The quantitative estimate of drug-likeness (QED) is 0.379. The van der Waals surface area contributed by atoms with Gasteiger partial charge in [-0.3, -0.25) is 9.59 Å². The van der Waals surface area contributed by atoms with Crippen molar-refractivity contribution < 1.29 is 9.59 Å². The zero-order chi connectivity index (χ0) is 24.5. The van der Waals surface area contributed by atoms with E-state index in [0.717, 1.165) is 23.1 Å². The second-order valence-electron chi connectivity index (χ2n) is 8.68. The molecule has 3 aromatic carbocycles. The van der Waals surface area contributed by atoms with E-state index in [9.17, 15) is 9.59 Å². The van der Waals surface area contributed by atoms with Crippen LogP contribution in [0.2, 0.25) is 5.02 Å². The molecule has 3 aromatic rings. The van der Waals surface area contributed by atoms with Crippen molar-refractivity contribution in [2.45, 2.75) is 58.2 Å². The number of amides is 2. The third-order valence-electron chi connectivity index (χ3n) is 6.25. The third kappa shape index (κ3) is 6.71. The molecule has 0 saturated heterocycles. The van der Waals surface area contributed by atoms with Gasteiger partial charge in [-0.1, -0.05) is 97.4 Å². The van der Waals surface area contributed by atoms with Crippen molar-refractivity contribution >= 4 is 23.4 Å². The molecule has 0 fully saturated rings. The van der Waals surface area contributed by atoms with Crippen molar-refractivity contribution in [3.05, 3.63) is 107 Å². The van der Waals surface area contributed by atoms with E-state index in [4.69, 9.17) is 11.6 Å². The Morgan fingerprint density at radius 3 is 1.91 bits per heavy atom. The molecule has 2 amide bonds. The fraction of sp³-hybridized carbons (Fsp3) is 0.310. The Balaban J connectivity index is 1.92. The number of hydrogen-bond donors (Lipinski definition) is 1. The van der Waals surface area contributed by atoms with E-state index in [1.807, 2.05) is 92.7 Å². The van der Waals surface area contributed by atoms with Gasteiger partial charge in [-0.2, -0.15) is 0 Å². The van der Waals surface area contributed by atoms with Crippen molar-refractivity contribution in [3.63, 3.8) is 0 Å². The lowest BCUT2D eigenvalue weighted by molar-refractivity contribution is -0.141. The van der Waals surface area contributed by atoms with Gasteiger partial charge in [0.15, 0.2) is 0 Å². The van der Waals surface area contributed by atoms with Crippen LogP contribution in [0.1, 0.15) is 56.2 Å². The second-order valence-corrected chi connectivity index (χ2v) is 9.09. The molecule has 178 valence electrons. The number of rotatable bonds is 10. The molecule has 0 bridgehead atoms. The first-order chi connectivity index (χ1) is 16.4. The van der Waals surface area contributed by atoms with Crippen LogP contribution >= 0.6 is 11.6 Å². The zero-order valence-corrected chi connectivity index (χ0v) is 20.8. The summed E-state index contributed by atoms with van der Waals surface area (Å²) in [5.74, 6) is -0.372. The molecule has 0 unspecified atom stereocenters. The summed E-state index contributed by atoms with van der Waals surface area (Å²) in [6.07, 6.45) is 1.07. The molecule has 0 aliphatic rings. The third-order valence-corrected chi connectivity index (χ3v) is 6.62. The summed E-state index contributed by atoms with van der Waals surface area (Å²) in [5, 5.41) is 3.60. The summed E-state index contributed by atoms with van der Waals surface area (Å²) >= 11 is 6.42. The van der Waals surface area contributed by atoms with Gasteiger partial charge in [-0.05, 0) is 43.0 Å². The minimum Gasteiger partial charge on any atom is -0.352 e. The molecule has 3 rings (SSSR count). The first-order valence-corrected chi connectivity index (χ1v) is 12.2. The molecule has 1 N–H and O–H groups in total. The van der Waals surface area contributed by atoms with Crippen LogP contribution in [-0.4, -0.2) is 28.8 Å². The molecule has 0 aliphatic carbocycles. The molecule has 0 aliphatic heterocycles. The Kier molecular flexibility index (Phi) is 9.29. The highest BCUT2D eigenvalue weighted by molar-refractivity contribution is 6.31. The van der Waals surface area contributed by atoms with Gasteiger partial charge in [0, 0.05) is 29.9 Å². The molecular weight excluding hydrogens is 444 g/mol. The fourth-order valence-electron chi connectivity index (χ4n) is 3.95. The average molecular weight is 477 g/mol. The number of nitrogens with zero attached hydrogens (tertiary/aromatic N) is 1. The fourth-order valence-corrected chi connectivity index (χ4v) is 4.14. The number of benzene rings is 3. The summed E-state index contributed by atoms with van der Waals surface area (Å²) in [7, 11) is 0. The molecule has 0 spiro atoms.